The quantitative estimate of drug-likeness (QED) is 0.646. The van der Waals surface area contributed by atoms with Crippen molar-refractivity contribution >= 4 is 19.5 Å². The first-order valence-electron chi connectivity index (χ1n) is 8.21. The minimum atomic E-state index is 0.199. The Morgan fingerprint density at radius 3 is 2.14 bits per heavy atom. The molecule has 0 N–H and O–H groups in total. The predicted octanol–water partition coefficient (Wildman–Crippen LogP) is 5.49. The van der Waals surface area contributed by atoms with E-state index in [0.29, 0.717) is 11.8 Å². The largest absolute Gasteiger partial charge is 0.109 e. The molecule has 1 aliphatic rings. The molecule has 22 heavy (non-hydrogen) atoms. The van der Waals surface area contributed by atoms with Crippen LogP contribution in [0.25, 0.3) is 11.6 Å². The van der Waals surface area contributed by atoms with Crippen LogP contribution in [0.1, 0.15) is 57.2 Å². The topological polar surface area (TPSA) is 0 Å². The predicted molar refractivity (Wildman–Crippen MR) is 103 cm³/mol. The molecule has 1 aromatic carbocycles. The third-order valence-corrected chi connectivity index (χ3v) is 4.80. The number of fused-ring (bicyclic) bond motifs is 1. The highest BCUT2D eigenvalue weighted by atomic mass is 14.5. The van der Waals surface area contributed by atoms with Gasteiger partial charge in [0.05, 0.1) is 0 Å². The van der Waals surface area contributed by atoms with Gasteiger partial charge in [-0.25, -0.2) is 0 Å². The van der Waals surface area contributed by atoms with E-state index in [1.807, 2.05) is 12.2 Å². The second kappa shape index (κ2) is 5.61. The highest BCUT2D eigenvalue weighted by Crippen LogP contribution is 2.61. The van der Waals surface area contributed by atoms with Crippen molar-refractivity contribution in [2.75, 3.05) is 0 Å². The van der Waals surface area contributed by atoms with Gasteiger partial charge in [-0.1, -0.05) is 89.5 Å². The Kier molecular flexibility index (Phi) is 4.30. The molecule has 0 aliphatic heterocycles. The van der Waals surface area contributed by atoms with Crippen LogP contribution in [0.4, 0.5) is 0 Å². The Bertz CT molecular complexity index is 620. The van der Waals surface area contributed by atoms with E-state index >= 15 is 0 Å². The molecule has 0 heterocycles. The van der Waals surface area contributed by atoms with Gasteiger partial charge in [-0.2, -0.15) is 0 Å². The molecule has 0 fully saturated rings. The second-order valence-electron chi connectivity index (χ2n) is 8.56. The first kappa shape index (κ1) is 16.9. The van der Waals surface area contributed by atoms with Crippen LogP contribution < -0.4 is 0 Å². The molecule has 0 nitrogen and oxygen atoms in total. The van der Waals surface area contributed by atoms with E-state index in [2.05, 4.69) is 79.9 Å². The van der Waals surface area contributed by atoms with Gasteiger partial charge in [0.1, 0.15) is 7.85 Å². The van der Waals surface area contributed by atoms with E-state index in [1.165, 1.54) is 22.3 Å². The molecule has 0 spiro atoms. The van der Waals surface area contributed by atoms with E-state index in [0.717, 1.165) is 0 Å². The van der Waals surface area contributed by atoms with E-state index in [1.54, 1.807) is 0 Å². The lowest BCUT2D eigenvalue weighted by Gasteiger charge is -2.40. The standard InChI is InChI=1S/C21H29B/c1-8-11-15-17-14(9-2)12-10-13-16(17)18(20(3,4)5)19(15)21(6,7)22/h8-13,18-19H,1-2,22H2,3-7H3/b15-11+. The van der Waals surface area contributed by atoms with Crippen molar-refractivity contribution in [1.29, 1.82) is 0 Å². The average Bonchev–Trinajstić information content (AvgIpc) is 2.73. The number of allylic oxidation sites excluding steroid dienone is 3. The van der Waals surface area contributed by atoms with Crippen LogP contribution >= 0.6 is 0 Å². The van der Waals surface area contributed by atoms with Gasteiger partial charge in [-0.15, -0.1) is 0 Å². The molecule has 1 aliphatic carbocycles. The summed E-state index contributed by atoms with van der Waals surface area (Å²) in [5.74, 6) is 0.996. The number of benzene rings is 1. The molecule has 2 rings (SSSR count). The van der Waals surface area contributed by atoms with E-state index in [9.17, 15) is 0 Å². The van der Waals surface area contributed by atoms with E-state index in [4.69, 9.17) is 0 Å². The van der Waals surface area contributed by atoms with Gasteiger partial charge in [-0.05, 0) is 39.5 Å². The molecule has 0 aromatic heterocycles. The summed E-state index contributed by atoms with van der Waals surface area (Å²) in [5, 5.41) is 0.199. The molecule has 0 amide bonds. The van der Waals surface area contributed by atoms with Crippen LogP contribution in [0.2, 0.25) is 5.31 Å². The zero-order valence-corrected chi connectivity index (χ0v) is 15.0. The van der Waals surface area contributed by atoms with Crippen LogP contribution in [-0.4, -0.2) is 7.85 Å². The Hall–Kier alpha value is -1.50. The SMILES string of the molecule is BC(C)(C)C1/C(=C/C=C)c2c(C=C)cccc2C1C(C)(C)C. The lowest BCUT2D eigenvalue weighted by atomic mass is 9.55. The highest BCUT2D eigenvalue weighted by molar-refractivity contribution is 6.16. The summed E-state index contributed by atoms with van der Waals surface area (Å²) < 4.78 is 0. The number of hydrogen-bond acceptors (Lipinski definition) is 0. The summed E-state index contributed by atoms with van der Waals surface area (Å²) in [6.07, 6.45) is 6.14. The molecule has 2 unspecified atom stereocenters. The molecule has 0 saturated heterocycles. The van der Waals surface area contributed by atoms with Gasteiger partial charge >= 0.3 is 0 Å². The summed E-state index contributed by atoms with van der Waals surface area (Å²) in [5.41, 5.74) is 5.73. The fraction of sp³-hybridized carbons (Fsp3) is 0.429. The first-order valence-corrected chi connectivity index (χ1v) is 8.21. The van der Waals surface area contributed by atoms with E-state index in [-0.39, 0.29) is 10.7 Å². The van der Waals surface area contributed by atoms with Crippen molar-refractivity contribution < 1.29 is 0 Å². The fourth-order valence-electron chi connectivity index (χ4n) is 4.11. The first-order chi connectivity index (χ1) is 10.1. The van der Waals surface area contributed by atoms with Gasteiger partial charge in [0.2, 0.25) is 0 Å². The van der Waals surface area contributed by atoms with Crippen molar-refractivity contribution in [2.24, 2.45) is 11.3 Å². The number of rotatable bonds is 3. The molecule has 116 valence electrons. The molecular weight excluding hydrogens is 263 g/mol. The zero-order valence-electron chi connectivity index (χ0n) is 15.0. The lowest BCUT2D eigenvalue weighted by molar-refractivity contribution is 0.249. The second-order valence-corrected chi connectivity index (χ2v) is 8.56. The summed E-state index contributed by atoms with van der Waals surface area (Å²) >= 11 is 0. The molecular formula is C21H29B. The van der Waals surface area contributed by atoms with Gasteiger partial charge in [0, 0.05) is 0 Å². The minimum Gasteiger partial charge on any atom is -0.0991 e. The van der Waals surface area contributed by atoms with Crippen molar-refractivity contribution in [3.63, 3.8) is 0 Å². The van der Waals surface area contributed by atoms with Gasteiger partial charge in [-0.3, -0.25) is 0 Å². The molecule has 1 aromatic rings. The smallest absolute Gasteiger partial charge is 0.0991 e. The van der Waals surface area contributed by atoms with Crippen LogP contribution in [0.3, 0.4) is 0 Å². The molecule has 2 atom stereocenters. The summed E-state index contributed by atoms with van der Waals surface area (Å²) in [7, 11) is 2.35. The van der Waals surface area contributed by atoms with Crippen molar-refractivity contribution in [1.82, 2.24) is 0 Å². The van der Waals surface area contributed by atoms with Crippen LogP contribution in [-0.2, 0) is 0 Å². The summed E-state index contributed by atoms with van der Waals surface area (Å²) in [6.45, 7) is 19.8. The monoisotopic (exact) mass is 292 g/mol. The molecule has 0 bridgehead atoms. The fourth-order valence-corrected chi connectivity index (χ4v) is 4.11. The van der Waals surface area contributed by atoms with Crippen LogP contribution in [0, 0.1) is 11.3 Å². The van der Waals surface area contributed by atoms with Crippen molar-refractivity contribution in [3.05, 3.63) is 60.2 Å². The third kappa shape index (κ3) is 2.74. The Morgan fingerprint density at radius 1 is 1.05 bits per heavy atom. The minimum absolute atomic E-state index is 0.199. The molecule has 0 saturated carbocycles. The highest BCUT2D eigenvalue weighted by Gasteiger charge is 2.47. The Balaban J connectivity index is 2.84. The summed E-state index contributed by atoms with van der Waals surface area (Å²) in [6, 6.07) is 6.65. The van der Waals surface area contributed by atoms with Gasteiger partial charge in [0.25, 0.3) is 0 Å². The maximum atomic E-state index is 4.02. The Labute approximate surface area is 137 Å². The zero-order chi connectivity index (χ0) is 16.7. The maximum absolute atomic E-state index is 4.02. The average molecular weight is 292 g/mol. The van der Waals surface area contributed by atoms with Crippen LogP contribution in [0.5, 0.6) is 0 Å². The van der Waals surface area contributed by atoms with Crippen molar-refractivity contribution in [2.45, 2.75) is 45.9 Å². The van der Waals surface area contributed by atoms with Gasteiger partial charge < -0.3 is 0 Å². The third-order valence-electron chi connectivity index (χ3n) is 4.80. The molecule has 1 heteroatoms. The normalized spacial score (nSPS) is 23.4. The summed E-state index contributed by atoms with van der Waals surface area (Å²) in [4.78, 5) is 0. The Morgan fingerprint density at radius 2 is 1.68 bits per heavy atom. The lowest BCUT2D eigenvalue weighted by Crippen LogP contribution is -2.29. The van der Waals surface area contributed by atoms with Crippen molar-refractivity contribution in [3.8, 4) is 0 Å². The molecule has 0 radical (unpaired) electrons. The number of hydrogen-bond donors (Lipinski definition) is 0. The van der Waals surface area contributed by atoms with Crippen LogP contribution in [0.15, 0.2) is 43.5 Å². The van der Waals surface area contributed by atoms with E-state index < -0.39 is 0 Å². The maximum Gasteiger partial charge on any atom is 0.109 e. The van der Waals surface area contributed by atoms with Gasteiger partial charge in [0.15, 0.2) is 0 Å².